The number of pyridine rings is 1. The number of hydrogen-bond acceptors (Lipinski definition) is 3. The van der Waals surface area contributed by atoms with Gasteiger partial charge in [0.15, 0.2) is 5.78 Å². The van der Waals surface area contributed by atoms with Crippen molar-refractivity contribution in [1.29, 1.82) is 0 Å². The molecular formula is C27H32ClF2N3O2. The Morgan fingerprint density at radius 1 is 1.20 bits per heavy atom. The summed E-state index contributed by atoms with van der Waals surface area (Å²) < 4.78 is 27.8. The molecule has 1 aromatic carbocycles. The van der Waals surface area contributed by atoms with E-state index >= 15 is 0 Å². The number of Topliss-reactive ketones (excluding diaryl/α,β-unsaturated/α-hetero) is 1. The van der Waals surface area contributed by atoms with Crippen molar-refractivity contribution in [3.63, 3.8) is 0 Å². The van der Waals surface area contributed by atoms with Crippen LogP contribution in [0, 0.1) is 19.8 Å². The molecule has 0 unspecified atom stereocenters. The zero-order valence-electron chi connectivity index (χ0n) is 20.4. The molecule has 35 heavy (non-hydrogen) atoms. The first kappa shape index (κ1) is 25.6. The Morgan fingerprint density at radius 3 is 2.54 bits per heavy atom. The number of nitrogens with zero attached hydrogens (tertiary/aromatic N) is 2. The highest BCUT2D eigenvalue weighted by Crippen LogP contribution is 2.36. The van der Waals surface area contributed by atoms with Gasteiger partial charge in [-0.05, 0) is 71.2 Å². The molecule has 1 atom stereocenters. The van der Waals surface area contributed by atoms with Gasteiger partial charge in [0, 0.05) is 45.9 Å². The lowest BCUT2D eigenvalue weighted by Gasteiger charge is -2.36. The van der Waals surface area contributed by atoms with Crippen LogP contribution in [0.2, 0.25) is 5.02 Å². The number of H-pyrrole nitrogens is 1. The van der Waals surface area contributed by atoms with Crippen LogP contribution in [-0.2, 0) is 6.42 Å². The van der Waals surface area contributed by atoms with E-state index in [0.29, 0.717) is 40.9 Å². The summed E-state index contributed by atoms with van der Waals surface area (Å²) in [6.07, 6.45) is -0.167. The van der Waals surface area contributed by atoms with Crippen molar-refractivity contribution in [2.24, 2.45) is 5.92 Å². The van der Waals surface area contributed by atoms with Gasteiger partial charge in [0.25, 0.3) is 12.0 Å². The number of para-hydroxylation sites is 1. The molecule has 0 aliphatic carbocycles. The summed E-state index contributed by atoms with van der Waals surface area (Å²) in [5.41, 5.74) is 3.44. The quantitative estimate of drug-likeness (QED) is 0.386. The Bertz CT molecular complexity index is 1280. The molecule has 3 aromatic rings. The standard InChI is InChI=1S/C27H32ClF2N3O2/c1-16-14-22(28)20(27(35)31-16)8-9-24(34)26-18(3)33(23-7-5-4-6-21(23)26)17(2)19-10-12-32(13-11-19)15-25(29)30/h4-7,14,17,19,25H,8-13,15H2,1-3H3,(H,31,35)/t17-/m1/s1. The Balaban J connectivity index is 1.58. The number of halogens is 3. The van der Waals surface area contributed by atoms with Gasteiger partial charge in [-0.15, -0.1) is 0 Å². The molecular weight excluding hydrogens is 472 g/mol. The Labute approximate surface area is 209 Å². The largest absolute Gasteiger partial charge is 0.341 e. The van der Waals surface area contributed by atoms with E-state index in [4.69, 9.17) is 11.6 Å². The third-order valence-corrected chi connectivity index (χ3v) is 7.71. The van der Waals surface area contributed by atoms with Crippen molar-refractivity contribution in [3.05, 3.63) is 68.2 Å². The van der Waals surface area contributed by atoms with Crippen LogP contribution in [0.5, 0.6) is 0 Å². The molecule has 5 nitrogen and oxygen atoms in total. The van der Waals surface area contributed by atoms with E-state index in [9.17, 15) is 18.4 Å². The summed E-state index contributed by atoms with van der Waals surface area (Å²) in [7, 11) is 0. The molecule has 1 aliphatic heterocycles. The number of aryl methyl sites for hydroxylation is 1. The van der Waals surface area contributed by atoms with Gasteiger partial charge in [-0.3, -0.25) is 14.5 Å². The summed E-state index contributed by atoms with van der Waals surface area (Å²) in [5.74, 6) is 0.318. The van der Waals surface area contributed by atoms with E-state index < -0.39 is 6.43 Å². The molecule has 0 amide bonds. The maximum absolute atomic E-state index is 13.5. The molecule has 2 aromatic heterocycles. The number of carbonyl (C=O) groups is 1. The fourth-order valence-corrected chi connectivity index (χ4v) is 5.91. The van der Waals surface area contributed by atoms with E-state index in [1.807, 2.05) is 36.1 Å². The van der Waals surface area contributed by atoms with Gasteiger partial charge < -0.3 is 9.55 Å². The normalized spacial score (nSPS) is 16.3. The molecule has 8 heteroatoms. The fourth-order valence-electron chi connectivity index (χ4n) is 5.56. The van der Waals surface area contributed by atoms with Crippen LogP contribution in [0.3, 0.4) is 0 Å². The minimum Gasteiger partial charge on any atom is -0.341 e. The first-order valence-electron chi connectivity index (χ1n) is 12.2. The summed E-state index contributed by atoms with van der Waals surface area (Å²) in [4.78, 5) is 30.4. The average molecular weight is 504 g/mol. The minimum atomic E-state index is -2.31. The number of rotatable bonds is 8. The third-order valence-electron chi connectivity index (χ3n) is 7.37. The molecule has 0 saturated carbocycles. The van der Waals surface area contributed by atoms with Gasteiger partial charge in [0.2, 0.25) is 0 Å². The first-order valence-corrected chi connectivity index (χ1v) is 12.6. The van der Waals surface area contributed by atoms with Crippen molar-refractivity contribution in [3.8, 4) is 0 Å². The molecule has 1 N–H and O–H groups in total. The zero-order valence-corrected chi connectivity index (χ0v) is 21.2. The number of piperidine rings is 1. The summed E-state index contributed by atoms with van der Waals surface area (Å²) in [6, 6.07) is 9.73. The summed E-state index contributed by atoms with van der Waals surface area (Å²) >= 11 is 6.28. The second kappa shape index (κ2) is 10.6. The summed E-state index contributed by atoms with van der Waals surface area (Å²) in [6.45, 7) is 7.06. The van der Waals surface area contributed by atoms with Crippen LogP contribution in [0.15, 0.2) is 35.1 Å². The average Bonchev–Trinajstić information content (AvgIpc) is 3.09. The highest BCUT2D eigenvalue weighted by atomic mass is 35.5. The number of fused-ring (bicyclic) bond motifs is 1. The van der Waals surface area contributed by atoms with Crippen LogP contribution >= 0.6 is 11.6 Å². The first-order chi connectivity index (χ1) is 16.7. The predicted octanol–water partition coefficient (Wildman–Crippen LogP) is 5.95. The second-order valence-electron chi connectivity index (χ2n) is 9.65. The molecule has 188 valence electrons. The third kappa shape index (κ3) is 5.36. The highest BCUT2D eigenvalue weighted by molar-refractivity contribution is 6.31. The Morgan fingerprint density at radius 2 is 1.89 bits per heavy atom. The lowest BCUT2D eigenvalue weighted by atomic mass is 9.90. The van der Waals surface area contributed by atoms with Crippen LogP contribution in [0.25, 0.3) is 10.9 Å². The second-order valence-corrected chi connectivity index (χ2v) is 10.1. The molecule has 4 rings (SSSR count). The number of aromatic amines is 1. The van der Waals surface area contributed by atoms with Crippen LogP contribution in [0.1, 0.15) is 59.5 Å². The number of nitrogens with one attached hydrogen (secondary N) is 1. The number of carbonyl (C=O) groups excluding carboxylic acids is 1. The summed E-state index contributed by atoms with van der Waals surface area (Å²) in [5, 5.41) is 1.28. The highest BCUT2D eigenvalue weighted by Gasteiger charge is 2.29. The van der Waals surface area contributed by atoms with Gasteiger partial charge >= 0.3 is 0 Å². The smallest absolute Gasteiger partial charge is 0.252 e. The molecule has 0 radical (unpaired) electrons. The maximum atomic E-state index is 13.5. The lowest BCUT2D eigenvalue weighted by molar-refractivity contribution is 0.0631. The van der Waals surface area contributed by atoms with Crippen molar-refractivity contribution in [1.82, 2.24) is 14.5 Å². The van der Waals surface area contributed by atoms with Gasteiger partial charge in [-0.25, -0.2) is 8.78 Å². The molecule has 0 spiro atoms. The monoisotopic (exact) mass is 503 g/mol. The fraction of sp³-hybridized carbons (Fsp3) is 0.481. The Kier molecular flexibility index (Phi) is 7.77. The van der Waals surface area contributed by atoms with E-state index in [1.165, 1.54) is 0 Å². The Hall–Kier alpha value is -2.51. The van der Waals surface area contributed by atoms with E-state index in [1.54, 1.807) is 13.0 Å². The molecule has 1 fully saturated rings. The minimum absolute atomic E-state index is 0.0209. The van der Waals surface area contributed by atoms with Crippen molar-refractivity contribution < 1.29 is 13.6 Å². The van der Waals surface area contributed by atoms with E-state index in [2.05, 4.69) is 16.5 Å². The van der Waals surface area contributed by atoms with Crippen molar-refractivity contribution >= 4 is 28.3 Å². The number of alkyl halides is 2. The van der Waals surface area contributed by atoms with Crippen molar-refractivity contribution in [2.75, 3.05) is 19.6 Å². The van der Waals surface area contributed by atoms with Gasteiger partial charge in [0.05, 0.1) is 11.6 Å². The molecule has 0 bridgehead atoms. The molecule has 1 aliphatic rings. The number of ketones is 1. The molecule has 1 saturated heterocycles. The van der Waals surface area contributed by atoms with Crippen LogP contribution in [-0.4, -0.2) is 46.3 Å². The van der Waals surface area contributed by atoms with Crippen LogP contribution in [0.4, 0.5) is 8.78 Å². The van der Waals surface area contributed by atoms with E-state index in [-0.39, 0.29) is 36.8 Å². The lowest BCUT2D eigenvalue weighted by Crippen LogP contribution is -2.38. The number of hydrogen-bond donors (Lipinski definition) is 1. The number of benzene rings is 1. The molecule has 3 heterocycles. The van der Waals surface area contributed by atoms with Crippen molar-refractivity contribution in [2.45, 2.75) is 58.9 Å². The number of likely N-dealkylation sites (tertiary alicyclic amines) is 1. The van der Waals surface area contributed by atoms with Gasteiger partial charge in [-0.1, -0.05) is 29.8 Å². The van der Waals surface area contributed by atoms with E-state index in [0.717, 1.165) is 29.4 Å². The maximum Gasteiger partial charge on any atom is 0.252 e. The van der Waals surface area contributed by atoms with Gasteiger partial charge in [0.1, 0.15) is 0 Å². The van der Waals surface area contributed by atoms with Gasteiger partial charge in [-0.2, -0.15) is 0 Å². The predicted molar refractivity (Wildman–Crippen MR) is 136 cm³/mol. The SMILES string of the molecule is Cc1cc(Cl)c(CCC(=O)c2c(C)n([C@H](C)C3CCN(CC(F)F)CC3)c3ccccc23)c(=O)[nH]1. The van der Waals surface area contributed by atoms with Crippen LogP contribution < -0.4 is 5.56 Å². The number of aromatic nitrogens is 2. The topological polar surface area (TPSA) is 58.1 Å². The zero-order chi connectivity index (χ0) is 25.3.